The smallest absolute Gasteiger partial charge is 0.236 e. The highest BCUT2D eigenvalue weighted by Crippen LogP contribution is 2.12. The average molecular weight is 366 g/mol. The van der Waals surface area contributed by atoms with Gasteiger partial charge in [0, 0.05) is 45.3 Å². The topological polar surface area (TPSA) is 91.6 Å². The van der Waals surface area contributed by atoms with Gasteiger partial charge in [0.25, 0.3) is 0 Å². The van der Waals surface area contributed by atoms with Crippen LogP contribution in [0.25, 0.3) is 0 Å². The second kappa shape index (κ2) is 10.2. The zero-order chi connectivity index (χ0) is 18.1. The Morgan fingerprint density at radius 2 is 2.08 bits per heavy atom. The van der Waals surface area contributed by atoms with Gasteiger partial charge >= 0.3 is 0 Å². The lowest BCUT2D eigenvalue weighted by Gasteiger charge is -2.35. The number of aromatic nitrogens is 1. The van der Waals surface area contributed by atoms with E-state index in [9.17, 15) is 9.59 Å². The van der Waals surface area contributed by atoms with E-state index >= 15 is 0 Å². The highest BCUT2D eigenvalue weighted by Gasteiger charge is 2.21. The van der Waals surface area contributed by atoms with Crippen molar-refractivity contribution in [1.29, 1.82) is 0 Å². The Hall–Kier alpha value is -1.80. The van der Waals surface area contributed by atoms with Gasteiger partial charge in [-0.05, 0) is 30.6 Å². The maximum atomic E-state index is 12.3. The number of thioether (sulfide) groups is 1. The summed E-state index contributed by atoms with van der Waals surface area (Å²) in [6.07, 6.45) is 4.72. The number of rotatable bonds is 8. The maximum absolute atomic E-state index is 12.3. The van der Waals surface area contributed by atoms with E-state index < -0.39 is 6.04 Å². The molecule has 7 nitrogen and oxygen atoms in total. The first kappa shape index (κ1) is 19.5. The molecule has 0 aliphatic carbocycles. The van der Waals surface area contributed by atoms with Crippen molar-refractivity contribution in [3.63, 3.8) is 0 Å². The quantitative estimate of drug-likeness (QED) is 0.689. The van der Waals surface area contributed by atoms with E-state index in [2.05, 4.69) is 15.2 Å². The van der Waals surface area contributed by atoms with Crippen LogP contribution in [-0.2, 0) is 9.59 Å². The molecule has 25 heavy (non-hydrogen) atoms. The Morgan fingerprint density at radius 1 is 1.32 bits per heavy atom. The van der Waals surface area contributed by atoms with Crippen molar-refractivity contribution in [2.24, 2.45) is 5.73 Å². The Labute approximate surface area is 153 Å². The number of amides is 2. The number of nitrogens with zero attached hydrogens (tertiary/aromatic N) is 3. The van der Waals surface area contributed by atoms with Crippen LogP contribution < -0.4 is 16.0 Å². The molecule has 2 heterocycles. The minimum absolute atomic E-state index is 0.0682. The maximum Gasteiger partial charge on any atom is 0.236 e. The predicted molar refractivity (Wildman–Crippen MR) is 102 cm³/mol. The Morgan fingerprint density at radius 3 is 2.72 bits per heavy atom. The molecule has 0 unspecified atom stereocenters. The monoisotopic (exact) mass is 365 g/mol. The van der Waals surface area contributed by atoms with E-state index in [0.717, 1.165) is 24.7 Å². The van der Waals surface area contributed by atoms with E-state index in [1.807, 2.05) is 29.4 Å². The van der Waals surface area contributed by atoms with E-state index in [-0.39, 0.29) is 11.8 Å². The molecule has 1 aromatic heterocycles. The van der Waals surface area contributed by atoms with Gasteiger partial charge in [0.1, 0.15) is 5.82 Å². The Kier molecular flexibility index (Phi) is 8.00. The van der Waals surface area contributed by atoms with Gasteiger partial charge in [-0.15, -0.1) is 0 Å². The molecule has 0 bridgehead atoms. The molecule has 0 spiro atoms. The summed E-state index contributed by atoms with van der Waals surface area (Å²) in [5.74, 6) is 1.69. The first-order valence-corrected chi connectivity index (χ1v) is 9.97. The van der Waals surface area contributed by atoms with Gasteiger partial charge in [-0.25, -0.2) is 4.98 Å². The number of pyridine rings is 1. The summed E-state index contributed by atoms with van der Waals surface area (Å²) in [4.78, 5) is 32.5. The molecule has 0 saturated carbocycles. The van der Waals surface area contributed by atoms with Crippen LogP contribution in [0.5, 0.6) is 0 Å². The SMILES string of the molecule is CSCC[C@H](N)C(=O)NCCC(=O)N1CCN(c2ccccn2)CC1. The standard InChI is InChI=1S/C17H27N5O2S/c1-25-13-6-14(18)17(24)20-8-5-16(23)22-11-9-21(10-12-22)15-4-2-3-7-19-15/h2-4,7,14H,5-6,8-13,18H2,1H3,(H,20,24)/t14-/m0/s1. The lowest BCUT2D eigenvalue weighted by atomic mass is 10.2. The normalized spacial score (nSPS) is 15.8. The van der Waals surface area contributed by atoms with Gasteiger partial charge in [0.05, 0.1) is 6.04 Å². The molecule has 1 atom stereocenters. The van der Waals surface area contributed by atoms with Crippen LogP contribution in [-0.4, -0.2) is 72.5 Å². The molecule has 138 valence electrons. The summed E-state index contributed by atoms with van der Waals surface area (Å²) in [6, 6.07) is 5.34. The van der Waals surface area contributed by atoms with E-state index in [1.54, 1.807) is 18.0 Å². The molecule has 8 heteroatoms. The van der Waals surface area contributed by atoms with Crippen LogP contribution in [0, 0.1) is 0 Å². The Bertz CT molecular complexity index is 549. The fourth-order valence-electron chi connectivity index (χ4n) is 2.68. The number of hydrogen-bond donors (Lipinski definition) is 2. The molecule has 0 radical (unpaired) electrons. The van der Waals surface area contributed by atoms with Crippen LogP contribution in [0.3, 0.4) is 0 Å². The molecular weight excluding hydrogens is 338 g/mol. The second-order valence-electron chi connectivity index (χ2n) is 5.98. The summed E-state index contributed by atoms with van der Waals surface area (Å²) in [7, 11) is 0. The number of nitrogens with one attached hydrogen (secondary N) is 1. The fraction of sp³-hybridized carbons (Fsp3) is 0.588. The molecule has 1 aliphatic heterocycles. The number of carbonyl (C=O) groups is 2. The second-order valence-corrected chi connectivity index (χ2v) is 6.97. The number of nitrogens with two attached hydrogens (primary N) is 1. The van der Waals surface area contributed by atoms with Crippen LogP contribution in [0.2, 0.25) is 0 Å². The van der Waals surface area contributed by atoms with E-state index in [0.29, 0.717) is 32.5 Å². The number of hydrogen-bond acceptors (Lipinski definition) is 6. The van der Waals surface area contributed by atoms with Crippen molar-refractivity contribution in [2.45, 2.75) is 18.9 Å². The lowest BCUT2D eigenvalue weighted by Crippen LogP contribution is -2.49. The minimum atomic E-state index is -0.496. The number of anilines is 1. The highest BCUT2D eigenvalue weighted by atomic mass is 32.2. The fourth-order valence-corrected chi connectivity index (χ4v) is 3.17. The predicted octanol–water partition coefficient (Wildman–Crippen LogP) is 0.317. The molecule has 1 aliphatic rings. The molecular formula is C17H27N5O2S. The molecule has 1 fully saturated rings. The van der Waals surface area contributed by atoms with Crippen molar-refractivity contribution >= 4 is 29.4 Å². The summed E-state index contributed by atoms with van der Waals surface area (Å²) >= 11 is 1.66. The van der Waals surface area contributed by atoms with Crippen molar-refractivity contribution < 1.29 is 9.59 Å². The minimum Gasteiger partial charge on any atom is -0.354 e. The largest absolute Gasteiger partial charge is 0.354 e. The molecule has 1 aromatic rings. The van der Waals surface area contributed by atoms with Gasteiger partial charge < -0.3 is 20.9 Å². The molecule has 3 N–H and O–H groups in total. The molecule has 1 saturated heterocycles. The summed E-state index contributed by atoms with van der Waals surface area (Å²) in [6.45, 7) is 3.24. The van der Waals surface area contributed by atoms with Crippen molar-refractivity contribution in [3.05, 3.63) is 24.4 Å². The Balaban J connectivity index is 1.66. The summed E-state index contributed by atoms with van der Waals surface area (Å²) in [5, 5.41) is 2.75. The summed E-state index contributed by atoms with van der Waals surface area (Å²) < 4.78 is 0. The molecule has 2 amide bonds. The van der Waals surface area contributed by atoms with E-state index in [4.69, 9.17) is 5.73 Å². The number of piperazine rings is 1. The first-order chi connectivity index (χ1) is 12.1. The first-order valence-electron chi connectivity index (χ1n) is 8.58. The third-order valence-corrected chi connectivity index (χ3v) is 4.86. The van der Waals surface area contributed by atoms with Crippen molar-refractivity contribution in [1.82, 2.24) is 15.2 Å². The van der Waals surface area contributed by atoms with Crippen LogP contribution in [0.4, 0.5) is 5.82 Å². The van der Waals surface area contributed by atoms with Gasteiger partial charge in [0.15, 0.2) is 0 Å². The van der Waals surface area contributed by atoms with Crippen molar-refractivity contribution in [2.75, 3.05) is 49.6 Å². The van der Waals surface area contributed by atoms with Crippen LogP contribution >= 0.6 is 11.8 Å². The highest BCUT2D eigenvalue weighted by molar-refractivity contribution is 7.98. The van der Waals surface area contributed by atoms with Gasteiger partial charge in [-0.2, -0.15) is 11.8 Å². The number of carbonyl (C=O) groups excluding carboxylic acids is 2. The lowest BCUT2D eigenvalue weighted by molar-refractivity contribution is -0.131. The zero-order valence-corrected chi connectivity index (χ0v) is 15.5. The summed E-state index contributed by atoms with van der Waals surface area (Å²) in [5.41, 5.74) is 5.80. The van der Waals surface area contributed by atoms with Crippen LogP contribution in [0.1, 0.15) is 12.8 Å². The molecule has 0 aromatic carbocycles. The third-order valence-electron chi connectivity index (χ3n) is 4.21. The van der Waals surface area contributed by atoms with Gasteiger partial charge in [0.2, 0.25) is 11.8 Å². The van der Waals surface area contributed by atoms with Gasteiger partial charge in [-0.1, -0.05) is 6.07 Å². The third kappa shape index (κ3) is 6.21. The van der Waals surface area contributed by atoms with Gasteiger partial charge in [-0.3, -0.25) is 9.59 Å². The molecule has 2 rings (SSSR count). The van der Waals surface area contributed by atoms with Crippen molar-refractivity contribution in [3.8, 4) is 0 Å². The average Bonchev–Trinajstić information content (AvgIpc) is 2.66. The van der Waals surface area contributed by atoms with Crippen LogP contribution in [0.15, 0.2) is 24.4 Å². The zero-order valence-electron chi connectivity index (χ0n) is 14.7. The van der Waals surface area contributed by atoms with E-state index in [1.165, 1.54) is 0 Å².